The number of aliphatic hydroxyl groups is 1. The monoisotopic (exact) mass is 287 g/mol. The average Bonchev–Trinajstić information content (AvgIpc) is 2.38. The molecule has 1 saturated heterocycles. The summed E-state index contributed by atoms with van der Waals surface area (Å²) in [6, 6.07) is 6.77. The van der Waals surface area contributed by atoms with Crippen LogP contribution in [0.3, 0.4) is 0 Å². The Morgan fingerprint density at radius 1 is 1.32 bits per heavy atom. The van der Waals surface area contributed by atoms with Crippen molar-refractivity contribution >= 4 is 12.4 Å². The molecule has 2 nitrogen and oxygen atoms in total. The highest BCUT2D eigenvalue weighted by Crippen LogP contribution is 2.21. The van der Waals surface area contributed by atoms with E-state index in [1.165, 1.54) is 31.4 Å². The molecule has 1 aromatic rings. The maximum absolute atomic E-state index is 12.8. The maximum Gasteiger partial charge on any atom is 0.123 e. The van der Waals surface area contributed by atoms with Gasteiger partial charge in [0.05, 0.1) is 6.10 Å². The van der Waals surface area contributed by atoms with Crippen LogP contribution in [0, 0.1) is 5.82 Å². The van der Waals surface area contributed by atoms with E-state index < -0.39 is 6.10 Å². The van der Waals surface area contributed by atoms with Gasteiger partial charge in [0.25, 0.3) is 0 Å². The number of rotatable bonds is 4. The molecule has 4 heteroatoms. The second kappa shape index (κ2) is 7.83. The fraction of sp³-hybridized carbons (Fsp3) is 0.600. The minimum atomic E-state index is -0.486. The van der Waals surface area contributed by atoms with Crippen LogP contribution in [-0.2, 0) is 0 Å². The Morgan fingerprint density at radius 2 is 2.00 bits per heavy atom. The number of aliphatic hydroxyl groups excluding tert-OH is 1. The first-order valence-corrected chi connectivity index (χ1v) is 6.84. The minimum absolute atomic E-state index is 0. The number of hydrogen-bond acceptors (Lipinski definition) is 2. The van der Waals surface area contributed by atoms with Crippen LogP contribution in [0.25, 0.3) is 0 Å². The highest BCUT2D eigenvalue weighted by atomic mass is 35.5. The van der Waals surface area contributed by atoms with E-state index >= 15 is 0 Å². The molecule has 2 unspecified atom stereocenters. The van der Waals surface area contributed by atoms with Crippen molar-refractivity contribution in [3.8, 4) is 0 Å². The van der Waals surface area contributed by atoms with Gasteiger partial charge in [-0.15, -0.1) is 12.4 Å². The third-order valence-corrected chi connectivity index (χ3v) is 3.89. The third kappa shape index (κ3) is 4.75. The molecule has 1 aromatic carbocycles. The molecule has 1 aliphatic heterocycles. The second-order valence-electron chi connectivity index (χ2n) is 5.24. The molecule has 0 radical (unpaired) electrons. The maximum atomic E-state index is 12.8. The predicted octanol–water partition coefficient (Wildman–Crippen LogP) is 3.55. The van der Waals surface area contributed by atoms with E-state index in [1.54, 1.807) is 12.1 Å². The van der Waals surface area contributed by atoms with Crippen molar-refractivity contribution in [1.29, 1.82) is 0 Å². The SMILES string of the molecule is CC1CCCCN1CCC(O)c1ccc(F)cc1.Cl. The summed E-state index contributed by atoms with van der Waals surface area (Å²) in [6.45, 7) is 4.31. The summed E-state index contributed by atoms with van der Waals surface area (Å²) in [5.41, 5.74) is 0.807. The first kappa shape index (κ1) is 16.4. The molecule has 0 saturated carbocycles. The summed E-state index contributed by atoms with van der Waals surface area (Å²) in [7, 11) is 0. The van der Waals surface area contributed by atoms with Crippen molar-refractivity contribution in [3.63, 3.8) is 0 Å². The van der Waals surface area contributed by atoms with Crippen LogP contribution in [0.1, 0.15) is 44.3 Å². The van der Waals surface area contributed by atoms with E-state index in [4.69, 9.17) is 0 Å². The highest BCUT2D eigenvalue weighted by molar-refractivity contribution is 5.85. The highest BCUT2D eigenvalue weighted by Gasteiger charge is 2.19. The zero-order valence-electron chi connectivity index (χ0n) is 11.4. The molecule has 1 N–H and O–H groups in total. The van der Waals surface area contributed by atoms with Crippen molar-refractivity contribution < 1.29 is 9.50 Å². The van der Waals surface area contributed by atoms with Gasteiger partial charge in [0, 0.05) is 12.6 Å². The van der Waals surface area contributed by atoms with Gasteiger partial charge >= 0.3 is 0 Å². The van der Waals surface area contributed by atoms with Crippen molar-refractivity contribution in [2.24, 2.45) is 0 Å². The van der Waals surface area contributed by atoms with Gasteiger partial charge in [-0.05, 0) is 50.4 Å². The summed E-state index contributed by atoms with van der Waals surface area (Å²) in [4.78, 5) is 2.44. The summed E-state index contributed by atoms with van der Waals surface area (Å²) in [5.74, 6) is -0.254. The Bertz CT molecular complexity index is 371. The third-order valence-electron chi connectivity index (χ3n) is 3.89. The molecule has 0 spiro atoms. The van der Waals surface area contributed by atoms with Crippen LogP contribution in [0.4, 0.5) is 4.39 Å². The summed E-state index contributed by atoms with van der Waals surface area (Å²) in [5, 5.41) is 10.1. The van der Waals surface area contributed by atoms with Gasteiger partial charge in [-0.3, -0.25) is 0 Å². The van der Waals surface area contributed by atoms with Crippen molar-refractivity contribution in [3.05, 3.63) is 35.6 Å². The molecule has 2 rings (SSSR count). The predicted molar refractivity (Wildman–Crippen MR) is 78.1 cm³/mol. The molecule has 0 aliphatic carbocycles. The van der Waals surface area contributed by atoms with Crippen LogP contribution in [0.5, 0.6) is 0 Å². The number of halogens is 2. The number of benzene rings is 1. The Hall–Kier alpha value is -0.640. The Balaban J connectivity index is 0.00000180. The van der Waals surface area contributed by atoms with Gasteiger partial charge in [-0.25, -0.2) is 4.39 Å². The second-order valence-corrected chi connectivity index (χ2v) is 5.24. The van der Waals surface area contributed by atoms with Crippen molar-refractivity contribution in [2.45, 2.75) is 44.8 Å². The first-order chi connectivity index (χ1) is 8.66. The Labute approximate surface area is 121 Å². The fourth-order valence-corrected chi connectivity index (χ4v) is 2.63. The van der Waals surface area contributed by atoms with Crippen LogP contribution in [-0.4, -0.2) is 29.1 Å². The lowest BCUT2D eigenvalue weighted by molar-refractivity contribution is 0.109. The van der Waals surface area contributed by atoms with Gasteiger partial charge in [-0.2, -0.15) is 0 Å². The average molecular weight is 288 g/mol. The van der Waals surface area contributed by atoms with Crippen LogP contribution in [0.15, 0.2) is 24.3 Å². The summed E-state index contributed by atoms with van der Waals surface area (Å²) >= 11 is 0. The molecule has 2 atom stereocenters. The normalized spacial score (nSPS) is 21.7. The lowest BCUT2D eigenvalue weighted by Crippen LogP contribution is -2.38. The lowest BCUT2D eigenvalue weighted by Gasteiger charge is -2.33. The van der Waals surface area contributed by atoms with Crippen molar-refractivity contribution in [1.82, 2.24) is 4.90 Å². The topological polar surface area (TPSA) is 23.5 Å². The molecule has 0 amide bonds. The fourth-order valence-electron chi connectivity index (χ4n) is 2.63. The molecule has 1 heterocycles. The number of nitrogens with zero attached hydrogens (tertiary/aromatic N) is 1. The minimum Gasteiger partial charge on any atom is -0.388 e. The summed E-state index contributed by atoms with van der Waals surface area (Å²) < 4.78 is 12.8. The Morgan fingerprint density at radius 3 is 2.63 bits per heavy atom. The van der Waals surface area contributed by atoms with Gasteiger partial charge in [0.2, 0.25) is 0 Å². The molecule has 0 bridgehead atoms. The number of hydrogen-bond donors (Lipinski definition) is 1. The largest absolute Gasteiger partial charge is 0.388 e. The van der Waals surface area contributed by atoms with Crippen molar-refractivity contribution in [2.75, 3.05) is 13.1 Å². The van der Waals surface area contributed by atoms with Gasteiger partial charge in [0.1, 0.15) is 5.82 Å². The molecule has 108 valence electrons. The van der Waals surface area contributed by atoms with Crippen LogP contribution < -0.4 is 0 Å². The zero-order chi connectivity index (χ0) is 13.0. The molecule has 1 fully saturated rings. The van der Waals surface area contributed by atoms with E-state index in [1.807, 2.05) is 0 Å². The van der Waals surface area contributed by atoms with E-state index in [9.17, 15) is 9.50 Å². The molecule has 0 aromatic heterocycles. The number of piperidine rings is 1. The molecular weight excluding hydrogens is 265 g/mol. The van der Waals surface area contributed by atoms with Crippen LogP contribution >= 0.6 is 12.4 Å². The smallest absolute Gasteiger partial charge is 0.123 e. The molecule has 19 heavy (non-hydrogen) atoms. The quantitative estimate of drug-likeness (QED) is 0.915. The van der Waals surface area contributed by atoms with E-state index in [2.05, 4.69) is 11.8 Å². The molecule has 1 aliphatic rings. The van der Waals surface area contributed by atoms with Crippen LogP contribution in [0.2, 0.25) is 0 Å². The molecular formula is C15H23ClFNO. The Kier molecular flexibility index (Phi) is 6.76. The first-order valence-electron chi connectivity index (χ1n) is 6.84. The zero-order valence-corrected chi connectivity index (χ0v) is 12.2. The van der Waals surface area contributed by atoms with E-state index in [0.717, 1.165) is 25.1 Å². The standard InChI is InChI=1S/C15H22FNO.ClH/c1-12-4-2-3-10-17(12)11-9-15(18)13-5-7-14(16)8-6-13;/h5-8,12,15,18H,2-4,9-11H2,1H3;1H. The van der Waals surface area contributed by atoms with Gasteiger partial charge < -0.3 is 10.0 Å². The number of likely N-dealkylation sites (tertiary alicyclic amines) is 1. The van der Waals surface area contributed by atoms with Gasteiger partial charge in [-0.1, -0.05) is 18.6 Å². The van der Waals surface area contributed by atoms with Gasteiger partial charge in [0.15, 0.2) is 0 Å². The van der Waals surface area contributed by atoms with E-state index in [-0.39, 0.29) is 18.2 Å². The summed E-state index contributed by atoms with van der Waals surface area (Å²) in [6.07, 6.45) is 4.07. The lowest BCUT2D eigenvalue weighted by atomic mass is 10.0. The van der Waals surface area contributed by atoms with E-state index in [0.29, 0.717) is 6.04 Å².